The van der Waals surface area contributed by atoms with E-state index in [1.165, 1.54) is 41.0 Å². The van der Waals surface area contributed by atoms with Crippen LogP contribution in [0.1, 0.15) is 55.6 Å². The van der Waals surface area contributed by atoms with Crippen molar-refractivity contribution in [2.24, 2.45) is 18.9 Å². The van der Waals surface area contributed by atoms with Gasteiger partial charge in [0.05, 0.1) is 30.2 Å². The third-order valence-electron chi connectivity index (χ3n) is 10.9. The topological polar surface area (TPSA) is 115 Å². The number of aromatic nitrogens is 4. The number of nitrogens with zero attached hydrogens (tertiary/aromatic N) is 6. The monoisotopic (exact) mass is 685 g/mol. The number of carbonyl (C=O) groups excluding carboxylic acids is 1. The number of likely N-dealkylation sites (tertiary alicyclic amines) is 1. The fourth-order valence-corrected chi connectivity index (χ4v) is 9.46. The summed E-state index contributed by atoms with van der Waals surface area (Å²) in [5.74, 6) is 1.55. The number of carbonyl (C=O) groups is 1. The van der Waals surface area contributed by atoms with Crippen molar-refractivity contribution in [1.82, 2.24) is 29.5 Å². The fourth-order valence-electron chi connectivity index (χ4n) is 8.21. The van der Waals surface area contributed by atoms with E-state index in [0.717, 1.165) is 83.4 Å². The summed E-state index contributed by atoms with van der Waals surface area (Å²) in [6.07, 6.45) is 16.0. The van der Waals surface area contributed by atoms with Crippen molar-refractivity contribution in [3.05, 3.63) is 84.7 Å². The largest absolute Gasteiger partial charge is 0.453 e. The molecule has 260 valence electrons. The van der Waals surface area contributed by atoms with Crippen LogP contribution in [-0.4, -0.2) is 84.6 Å². The summed E-state index contributed by atoms with van der Waals surface area (Å²) in [6, 6.07) is 14.2. The Bertz CT molecular complexity index is 1830. The van der Waals surface area contributed by atoms with E-state index in [-0.39, 0.29) is 17.0 Å². The molecule has 4 aromatic rings. The lowest BCUT2D eigenvalue weighted by Crippen LogP contribution is -2.52. The van der Waals surface area contributed by atoms with E-state index in [1.807, 2.05) is 30.9 Å². The molecule has 0 unspecified atom stereocenters. The fraction of sp³-hybridized carbons (Fsp3) is 0.486. The Kier molecular flexibility index (Phi) is 9.77. The second kappa shape index (κ2) is 14.4. The molecule has 2 aromatic carbocycles. The molecule has 3 aliphatic rings. The third-order valence-corrected chi connectivity index (χ3v) is 12.6. The van der Waals surface area contributed by atoms with E-state index < -0.39 is 9.84 Å². The molecular formula is C37H47N7O4S. The lowest BCUT2D eigenvalue weighted by molar-refractivity contribution is 0.163. The smallest absolute Gasteiger partial charge is 0.407 e. The van der Waals surface area contributed by atoms with Gasteiger partial charge in [-0.2, -0.15) is 5.10 Å². The number of aryl methyl sites for hydroxylation is 2. The van der Waals surface area contributed by atoms with Crippen molar-refractivity contribution < 1.29 is 17.9 Å². The molecule has 11 nitrogen and oxygen atoms in total. The number of ether oxygens (including phenoxy) is 1. The Labute approximate surface area is 289 Å². The molecule has 7 rings (SSSR count). The number of imidazole rings is 1. The lowest BCUT2D eigenvalue weighted by atomic mass is 9.82. The molecule has 3 fully saturated rings. The number of hydrogen-bond donors (Lipinski definition) is 1. The van der Waals surface area contributed by atoms with E-state index in [9.17, 15) is 13.2 Å². The summed E-state index contributed by atoms with van der Waals surface area (Å²) >= 11 is 0. The second-order valence-electron chi connectivity index (χ2n) is 14.0. The van der Waals surface area contributed by atoms with Crippen molar-refractivity contribution in [2.75, 3.05) is 44.7 Å². The molecule has 49 heavy (non-hydrogen) atoms. The van der Waals surface area contributed by atoms with Gasteiger partial charge in [-0.1, -0.05) is 18.6 Å². The van der Waals surface area contributed by atoms with Crippen LogP contribution in [0.4, 0.5) is 10.5 Å². The van der Waals surface area contributed by atoms with Crippen LogP contribution in [-0.2, 0) is 28.0 Å². The van der Waals surface area contributed by atoms with Gasteiger partial charge in [-0.05, 0) is 105 Å². The molecule has 1 N–H and O–H groups in total. The number of amides is 1. The van der Waals surface area contributed by atoms with Crippen molar-refractivity contribution in [3.8, 4) is 5.69 Å². The van der Waals surface area contributed by atoms with Gasteiger partial charge < -0.3 is 24.4 Å². The Hall–Kier alpha value is -4.16. The van der Waals surface area contributed by atoms with E-state index in [0.29, 0.717) is 22.6 Å². The zero-order chi connectivity index (χ0) is 34.0. The van der Waals surface area contributed by atoms with E-state index in [1.54, 1.807) is 19.2 Å². The second-order valence-corrected chi connectivity index (χ2v) is 15.9. The predicted octanol–water partition coefficient (Wildman–Crippen LogP) is 5.21. The first-order chi connectivity index (χ1) is 23.8. The first-order valence-electron chi connectivity index (χ1n) is 17.5. The molecule has 0 bridgehead atoms. The van der Waals surface area contributed by atoms with E-state index >= 15 is 0 Å². The minimum Gasteiger partial charge on any atom is -0.453 e. The predicted molar refractivity (Wildman–Crippen MR) is 188 cm³/mol. The van der Waals surface area contributed by atoms with Gasteiger partial charge in [0.25, 0.3) is 0 Å². The summed E-state index contributed by atoms with van der Waals surface area (Å²) in [6.45, 7) is 5.20. The van der Waals surface area contributed by atoms with Crippen molar-refractivity contribution in [1.29, 1.82) is 0 Å². The quantitative estimate of drug-likeness (QED) is 0.229. The number of sulfone groups is 1. The van der Waals surface area contributed by atoms with Crippen molar-refractivity contribution in [3.63, 3.8) is 0 Å². The van der Waals surface area contributed by atoms with Crippen LogP contribution in [0.2, 0.25) is 0 Å². The van der Waals surface area contributed by atoms with Gasteiger partial charge in [0, 0.05) is 62.9 Å². The van der Waals surface area contributed by atoms with Crippen LogP contribution in [0.3, 0.4) is 0 Å². The van der Waals surface area contributed by atoms with Crippen LogP contribution < -0.4 is 10.2 Å². The van der Waals surface area contributed by atoms with Crippen molar-refractivity contribution in [2.45, 2.75) is 66.7 Å². The number of methoxy groups -OCH3 is 1. The normalized spacial score (nSPS) is 20.7. The molecule has 4 heterocycles. The minimum atomic E-state index is -3.57. The lowest BCUT2D eigenvalue weighted by Gasteiger charge is -2.44. The molecule has 1 saturated carbocycles. The van der Waals surface area contributed by atoms with Gasteiger partial charge in [0.15, 0.2) is 0 Å². The van der Waals surface area contributed by atoms with E-state index in [2.05, 4.69) is 48.0 Å². The SMILES string of the molecule is COC(=O)N[C@@H]1CCC[C@H]1CCc1cccc(-n2ccnc2)c1C1CCN(CC2CN(c3ccc(S(=O)(=O)c4cnn(C)c4)cc3)C2)CC1. The highest BCUT2D eigenvalue weighted by Crippen LogP contribution is 2.38. The Morgan fingerprint density at radius 3 is 2.51 bits per heavy atom. The molecule has 1 amide bonds. The zero-order valence-electron chi connectivity index (χ0n) is 28.4. The van der Waals surface area contributed by atoms with Gasteiger partial charge >= 0.3 is 6.09 Å². The molecule has 0 radical (unpaired) electrons. The molecule has 2 atom stereocenters. The minimum absolute atomic E-state index is 0.186. The van der Waals surface area contributed by atoms with Crippen LogP contribution >= 0.6 is 0 Å². The summed E-state index contributed by atoms with van der Waals surface area (Å²) in [5.41, 5.74) is 5.17. The zero-order valence-corrected chi connectivity index (χ0v) is 29.3. The number of benzene rings is 2. The number of anilines is 1. The molecule has 0 spiro atoms. The highest BCUT2D eigenvalue weighted by atomic mass is 32.2. The molecule has 2 aliphatic heterocycles. The molecule has 2 aromatic heterocycles. The van der Waals surface area contributed by atoms with Gasteiger partial charge in [-0.15, -0.1) is 0 Å². The van der Waals surface area contributed by atoms with Gasteiger partial charge in [-0.25, -0.2) is 18.2 Å². The summed E-state index contributed by atoms with van der Waals surface area (Å²) in [5, 5.41) is 7.09. The number of piperidine rings is 1. The summed E-state index contributed by atoms with van der Waals surface area (Å²) in [4.78, 5) is 21.8. The Balaban J connectivity index is 0.949. The summed E-state index contributed by atoms with van der Waals surface area (Å²) < 4.78 is 34.4. The van der Waals surface area contributed by atoms with Gasteiger partial charge in [0.1, 0.15) is 4.90 Å². The van der Waals surface area contributed by atoms with Crippen molar-refractivity contribution >= 4 is 21.6 Å². The average Bonchev–Trinajstić information content (AvgIpc) is 3.89. The van der Waals surface area contributed by atoms with Crippen LogP contribution in [0.15, 0.2) is 83.4 Å². The standard InChI is InChI=1S/C37H47N7O4S/c1-41-25-33(21-39-41)49(46,47)32-13-11-31(12-14-32)44-23-27(24-44)22-42-18-15-30(16-19-42)36-29(6-4-8-35(36)43-20-17-38-26-43)10-9-28-5-3-7-34(28)40-37(45)48-2/h4,6,8,11-14,17,20-21,25-28,30,34H,3,5,7,9-10,15-16,18-19,22-24H2,1-2H3,(H,40,45)/t28-,34+/m0/s1. The Morgan fingerprint density at radius 2 is 1.82 bits per heavy atom. The maximum atomic E-state index is 12.9. The first kappa shape index (κ1) is 33.3. The Morgan fingerprint density at radius 1 is 1.02 bits per heavy atom. The number of alkyl carbamates (subject to hydrolysis) is 1. The number of hydrogen-bond acceptors (Lipinski definition) is 8. The highest BCUT2D eigenvalue weighted by molar-refractivity contribution is 7.91. The molecular weight excluding hydrogens is 639 g/mol. The summed E-state index contributed by atoms with van der Waals surface area (Å²) in [7, 11) is -0.421. The molecule has 12 heteroatoms. The van der Waals surface area contributed by atoms with Crippen LogP contribution in [0, 0.1) is 11.8 Å². The van der Waals surface area contributed by atoms with Crippen LogP contribution in [0.5, 0.6) is 0 Å². The van der Waals surface area contributed by atoms with Crippen LogP contribution in [0.25, 0.3) is 5.69 Å². The third kappa shape index (κ3) is 7.26. The number of nitrogens with one attached hydrogen (secondary N) is 1. The van der Waals surface area contributed by atoms with Gasteiger partial charge in [-0.3, -0.25) is 4.68 Å². The average molecular weight is 686 g/mol. The molecule has 1 aliphatic carbocycles. The first-order valence-corrected chi connectivity index (χ1v) is 19.0. The maximum absolute atomic E-state index is 12.9. The van der Waals surface area contributed by atoms with Gasteiger partial charge in [0.2, 0.25) is 9.84 Å². The molecule has 2 saturated heterocycles. The number of rotatable bonds is 11. The highest BCUT2D eigenvalue weighted by Gasteiger charge is 2.33. The maximum Gasteiger partial charge on any atom is 0.407 e. The van der Waals surface area contributed by atoms with E-state index in [4.69, 9.17) is 4.74 Å².